The van der Waals surface area contributed by atoms with E-state index >= 15 is 0 Å². The molecule has 5 heteroatoms. The predicted molar refractivity (Wildman–Crippen MR) is 62.5 cm³/mol. The zero-order valence-corrected chi connectivity index (χ0v) is 10.4. The summed E-state index contributed by atoms with van der Waals surface area (Å²) in [5.41, 5.74) is 1.33. The van der Waals surface area contributed by atoms with Gasteiger partial charge in [0.05, 0.1) is 37.5 Å². The molecule has 0 saturated carbocycles. The molecule has 0 aliphatic heterocycles. The number of ether oxygens (including phenoxy) is 1. The average Bonchev–Trinajstić information content (AvgIpc) is 2.70. The van der Waals surface area contributed by atoms with E-state index in [1.54, 1.807) is 11.6 Å². The van der Waals surface area contributed by atoms with Gasteiger partial charge in [-0.25, -0.2) is 4.79 Å². The van der Waals surface area contributed by atoms with Crippen LogP contribution >= 0.6 is 0 Å². The predicted octanol–water partition coefficient (Wildman–Crippen LogP) is 2.10. The third-order valence-electron chi connectivity index (χ3n) is 2.36. The molecule has 1 aromatic rings. The first-order chi connectivity index (χ1) is 8.11. The van der Waals surface area contributed by atoms with Gasteiger partial charge in [-0.1, -0.05) is 13.8 Å². The van der Waals surface area contributed by atoms with E-state index in [-0.39, 0.29) is 11.9 Å². The molecule has 0 radical (unpaired) electrons. The number of nitrogens with zero attached hydrogens (tertiary/aromatic N) is 3. The maximum Gasteiger partial charge on any atom is 0.341 e. The lowest BCUT2D eigenvalue weighted by Crippen LogP contribution is -2.12. The van der Waals surface area contributed by atoms with Crippen molar-refractivity contribution in [3.8, 4) is 6.07 Å². The number of hydrogen-bond donors (Lipinski definition) is 0. The number of carbonyl (C=O) groups is 1. The molecule has 5 nitrogen and oxygen atoms in total. The third kappa shape index (κ3) is 3.06. The lowest BCUT2D eigenvalue weighted by Gasteiger charge is -2.11. The molecule has 0 aliphatic rings. The van der Waals surface area contributed by atoms with Gasteiger partial charge < -0.3 is 4.74 Å². The molecule has 92 valence electrons. The Morgan fingerprint density at radius 2 is 2.35 bits per heavy atom. The van der Waals surface area contributed by atoms with Gasteiger partial charge in [-0.15, -0.1) is 0 Å². The van der Waals surface area contributed by atoms with Crippen molar-refractivity contribution in [2.75, 3.05) is 6.61 Å². The van der Waals surface area contributed by atoms with Crippen LogP contribution in [0, 0.1) is 11.3 Å². The van der Waals surface area contributed by atoms with Crippen molar-refractivity contribution in [3.63, 3.8) is 0 Å². The second-order valence-corrected chi connectivity index (χ2v) is 3.95. The van der Waals surface area contributed by atoms with Gasteiger partial charge >= 0.3 is 5.97 Å². The van der Waals surface area contributed by atoms with Crippen molar-refractivity contribution in [3.05, 3.63) is 17.5 Å². The summed E-state index contributed by atoms with van der Waals surface area (Å²) in [6.07, 6.45) is 1.90. The fourth-order valence-electron chi connectivity index (χ4n) is 1.70. The standard InChI is InChI=1S/C12H17N3O2/c1-4-17-12(16)10-8-14-15(7-5-6-13)11(10)9(2)3/h8-9H,4-5,7H2,1-3H3. The van der Waals surface area contributed by atoms with Gasteiger partial charge in [0.1, 0.15) is 5.56 Å². The molecule has 0 amide bonds. The molecule has 0 spiro atoms. The van der Waals surface area contributed by atoms with E-state index in [4.69, 9.17) is 10.00 Å². The number of nitriles is 1. The number of rotatable bonds is 5. The van der Waals surface area contributed by atoms with Crippen molar-refractivity contribution in [1.29, 1.82) is 5.26 Å². The SMILES string of the molecule is CCOC(=O)c1cnn(CCC#N)c1C(C)C. The third-order valence-corrected chi connectivity index (χ3v) is 2.36. The fourth-order valence-corrected chi connectivity index (χ4v) is 1.70. The van der Waals surface area contributed by atoms with Crippen molar-refractivity contribution in [1.82, 2.24) is 9.78 Å². The quantitative estimate of drug-likeness (QED) is 0.733. The Morgan fingerprint density at radius 3 is 2.88 bits per heavy atom. The van der Waals surface area contributed by atoms with Crippen LogP contribution in [0.25, 0.3) is 0 Å². The summed E-state index contributed by atoms with van der Waals surface area (Å²) in [6.45, 7) is 6.60. The molecular weight excluding hydrogens is 218 g/mol. The minimum Gasteiger partial charge on any atom is -0.462 e. The monoisotopic (exact) mass is 235 g/mol. The van der Waals surface area contributed by atoms with E-state index in [0.29, 0.717) is 25.1 Å². The highest BCUT2D eigenvalue weighted by Crippen LogP contribution is 2.20. The Kier molecular flexibility index (Phi) is 4.70. The zero-order valence-electron chi connectivity index (χ0n) is 10.4. The minimum atomic E-state index is -0.348. The van der Waals surface area contributed by atoms with Crippen LogP contribution < -0.4 is 0 Å². The largest absolute Gasteiger partial charge is 0.462 e. The van der Waals surface area contributed by atoms with E-state index in [9.17, 15) is 4.79 Å². The van der Waals surface area contributed by atoms with Crippen LogP contribution in [0.4, 0.5) is 0 Å². The molecule has 0 bridgehead atoms. The van der Waals surface area contributed by atoms with Gasteiger partial charge in [0.2, 0.25) is 0 Å². The molecule has 1 aromatic heterocycles. The van der Waals surface area contributed by atoms with E-state index in [1.165, 1.54) is 6.20 Å². The summed E-state index contributed by atoms with van der Waals surface area (Å²) in [4.78, 5) is 11.7. The molecule has 1 rings (SSSR count). The summed E-state index contributed by atoms with van der Waals surface area (Å²) in [7, 11) is 0. The first kappa shape index (κ1) is 13.2. The van der Waals surface area contributed by atoms with Gasteiger partial charge in [-0.3, -0.25) is 4.68 Å². The number of esters is 1. The highest BCUT2D eigenvalue weighted by Gasteiger charge is 2.20. The van der Waals surface area contributed by atoms with Crippen LogP contribution in [-0.4, -0.2) is 22.4 Å². The van der Waals surface area contributed by atoms with E-state index < -0.39 is 0 Å². The second kappa shape index (κ2) is 6.04. The number of aromatic nitrogens is 2. The van der Waals surface area contributed by atoms with Crippen LogP contribution in [0.1, 0.15) is 49.2 Å². The molecule has 0 aromatic carbocycles. The summed E-state index contributed by atoms with van der Waals surface area (Å²) in [5.74, 6) is -0.185. The lowest BCUT2D eigenvalue weighted by atomic mass is 10.1. The van der Waals surface area contributed by atoms with Gasteiger partial charge in [0.15, 0.2) is 0 Å². The molecule has 0 N–H and O–H groups in total. The normalized spacial score (nSPS) is 10.3. The van der Waals surface area contributed by atoms with Crippen LogP contribution in [-0.2, 0) is 11.3 Å². The van der Waals surface area contributed by atoms with Crippen molar-refractivity contribution < 1.29 is 9.53 Å². The highest BCUT2D eigenvalue weighted by atomic mass is 16.5. The maximum absolute atomic E-state index is 11.7. The maximum atomic E-state index is 11.7. The van der Waals surface area contributed by atoms with Crippen LogP contribution in [0.15, 0.2) is 6.20 Å². The molecule has 0 fully saturated rings. The van der Waals surface area contributed by atoms with Gasteiger partial charge in [-0.05, 0) is 12.8 Å². The highest BCUT2D eigenvalue weighted by molar-refractivity contribution is 5.90. The first-order valence-electron chi connectivity index (χ1n) is 5.71. The molecule has 17 heavy (non-hydrogen) atoms. The van der Waals surface area contributed by atoms with Crippen molar-refractivity contribution in [2.24, 2.45) is 0 Å². The molecule has 1 heterocycles. The Labute approximate surface area is 101 Å². The summed E-state index contributed by atoms with van der Waals surface area (Å²) >= 11 is 0. The Hall–Kier alpha value is -1.83. The summed E-state index contributed by atoms with van der Waals surface area (Å²) in [5, 5.41) is 12.7. The average molecular weight is 235 g/mol. The van der Waals surface area contributed by atoms with E-state index in [0.717, 1.165) is 5.69 Å². The van der Waals surface area contributed by atoms with Gasteiger partial charge in [0, 0.05) is 0 Å². The minimum absolute atomic E-state index is 0.163. The topological polar surface area (TPSA) is 67.9 Å². The molecule has 0 saturated heterocycles. The summed E-state index contributed by atoms with van der Waals surface area (Å²) in [6, 6.07) is 2.07. The van der Waals surface area contributed by atoms with E-state index in [1.807, 2.05) is 13.8 Å². The molecule has 0 aliphatic carbocycles. The van der Waals surface area contributed by atoms with Crippen LogP contribution in [0.5, 0.6) is 0 Å². The lowest BCUT2D eigenvalue weighted by molar-refractivity contribution is 0.0524. The number of aryl methyl sites for hydroxylation is 1. The molecule has 0 atom stereocenters. The first-order valence-corrected chi connectivity index (χ1v) is 5.71. The van der Waals surface area contributed by atoms with Gasteiger partial charge in [-0.2, -0.15) is 10.4 Å². The number of carbonyl (C=O) groups excluding carboxylic acids is 1. The number of hydrogen-bond acceptors (Lipinski definition) is 4. The van der Waals surface area contributed by atoms with Crippen molar-refractivity contribution in [2.45, 2.75) is 39.7 Å². The molecule has 0 unspecified atom stereocenters. The second-order valence-electron chi connectivity index (χ2n) is 3.95. The molecular formula is C12H17N3O2. The van der Waals surface area contributed by atoms with Crippen LogP contribution in [0.3, 0.4) is 0 Å². The van der Waals surface area contributed by atoms with Gasteiger partial charge in [0.25, 0.3) is 0 Å². The Bertz CT molecular complexity index is 429. The smallest absolute Gasteiger partial charge is 0.341 e. The van der Waals surface area contributed by atoms with Crippen molar-refractivity contribution >= 4 is 5.97 Å². The Morgan fingerprint density at radius 1 is 1.65 bits per heavy atom. The van der Waals surface area contributed by atoms with E-state index in [2.05, 4.69) is 11.2 Å². The zero-order chi connectivity index (χ0) is 12.8. The summed E-state index contributed by atoms with van der Waals surface area (Å²) < 4.78 is 6.69. The van der Waals surface area contributed by atoms with Crippen LogP contribution in [0.2, 0.25) is 0 Å². The fraction of sp³-hybridized carbons (Fsp3) is 0.583. The Balaban J connectivity index is 3.02.